The van der Waals surface area contributed by atoms with Crippen molar-refractivity contribution in [1.82, 2.24) is 14.3 Å². The Kier molecular flexibility index (Phi) is 10.3. The summed E-state index contributed by atoms with van der Waals surface area (Å²) in [6.07, 6.45) is 14.7. The van der Waals surface area contributed by atoms with Gasteiger partial charge in [-0.1, -0.05) is 75.4 Å². The monoisotopic (exact) mass is 573 g/mol. The summed E-state index contributed by atoms with van der Waals surface area (Å²) >= 11 is 0. The normalized spacial score (nSPS) is 19.1. The second kappa shape index (κ2) is 13.7. The summed E-state index contributed by atoms with van der Waals surface area (Å²) in [6, 6.07) is 8.43. The Morgan fingerprint density at radius 1 is 1.17 bits per heavy atom. The molecule has 0 saturated heterocycles. The fourth-order valence-corrected chi connectivity index (χ4v) is 5.79. The lowest BCUT2D eigenvalue weighted by atomic mass is 9.76. The van der Waals surface area contributed by atoms with E-state index in [2.05, 4.69) is 69.3 Å². The van der Waals surface area contributed by atoms with Gasteiger partial charge in [0.2, 0.25) is 0 Å². The Bertz CT molecular complexity index is 1450. The maximum Gasteiger partial charge on any atom is 0.346 e. The van der Waals surface area contributed by atoms with Crippen LogP contribution in [0.5, 0.6) is 0 Å². The van der Waals surface area contributed by atoms with E-state index in [1.807, 2.05) is 26.8 Å². The van der Waals surface area contributed by atoms with Gasteiger partial charge in [0, 0.05) is 13.0 Å². The largest absolute Gasteiger partial charge is 0.481 e. The van der Waals surface area contributed by atoms with E-state index in [1.54, 1.807) is 9.25 Å². The van der Waals surface area contributed by atoms with E-state index in [-0.39, 0.29) is 29.7 Å². The van der Waals surface area contributed by atoms with Crippen molar-refractivity contribution < 1.29 is 14.6 Å². The summed E-state index contributed by atoms with van der Waals surface area (Å²) in [5.74, 6) is 0.495. The van der Waals surface area contributed by atoms with Crippen molar-refractivity contribution in [3.8, 4) is 0 Å². The van der Waals surface area contributed by atoms with Crippen LogP contribution in [0.25, 0.3) is 5.57 Å². The van der Waals surface area contributed by atoms with Gasteiger partial charge in [-0.15, -0.1) is 0 Å². The van der Waals surface area contributed by atoms with E-state index in [9.17, 15) is 14.7 Å². The molecule has 4 rings (SSSR count). The van der Waals surface area contributed by atoms with Crippen LogP contribution in [-0.2, 0) is 35.5 Å². The topological polar surface area (TPSA) is 86.3 Å². The molecule has 0 fully saturated rings. The zero-order valence-corrected chi connectivity index (χ0v) is 26.1. The van der Waals surface area contributed by atoms with Crippen molar-refractivity contribution in [2.75, 3.05) is 0 Å². The lowest BCUT2D eigenvalue weighted by Crippen LogP contribution is -2.26. The summed E-state index contributed by atoms with van der Waals surface area (Å²) in [7, 11) is 0. The maximum absolute atomic E-state index is 13.1. The van der Waals surface area contributed by atoms with Gasteiger partial charge in [-0.2, -0.15) is 5.10 Å². The van der Waals surface area contributed by atoms with Crippen molar-refractivity contribution in [1.29, 1.82) is 0 Å². The molecule has 1 N–H and O–H groups in total. The summed E-state index contributed by atoms with van der Waals surface area (Å²) in [5, 5.41) is 14.2. The molecule has 2 unspecified atom stereocenters. The number of nitrogens with zero attached hydrogens (tertiary/aromatic N) is 3. The van der Waals surface area contributed by atoms with Crippen LogP contribution >= 0.6 is 0 Å². The van der Waals surface area contributed by atoms with Gasteiger partial charge in [0.05, 0.1) is 25.2 Å². The molecule has 7 nitrogen and oxygen atoms in total. The molecule has 226 valence electrons. The quantitative estimate of drug-likeness (QED) is 0.303. The Balaban J connectivity index is 1.40. The van der Waals surface area contributed by atoms with Crippen LogP contribution in [0.4, 0.5) is 0 Å². The van der Waals surface area contributed by atoms with Gasteiger partial charge in [0.25, 0.3) is 0 Å². The molecule has 1 aromatic carbocycles. The van der Waals surface area contributed by atoms with Crippen molar-refractivity contribution in [3.63, 3.8) is 0 Å². The number of rotatable bonds is 12. The lowest BCUT2D eigenvalue weighted by Gasteiger charge is -2.29. The highest BCUT2D eigenvalue weighted by atomic mass is 16.5. The van der Waals surface area contributed by atoms with Gasteiger partial charge >= 0.3 is 11.7 Å². The average Bonchev–Trinajstić information content (AvgIpc) is 3.22. The average molecular weight is 574 g/mol. The van der Waals surface area contributed by atoms with Gasteiger partial charge in [0.15, 0.2) is 0 Å². The zero-order chi connectivity index (χ0) is 30.4. The molecular weight excluding hydrogens is 526 g/mol. The maximum atomic E-state index is 13.1. The number of allylic oxidation sites excluding steroid dienone is 6. The van der Waals surface area contributed by atoms with E-state index in [0.29, 0.717) is 25.4 Å². The molecule has 0 spiro atoms. The smallest absolute Gasteiger partial charge is 0.346 e. The van der Waals surface area contributed by atoms with Crippen LogP contribution in [0, 0.1) is 11.3 Å². The molecule has 7 heteroatoms. The van der Waals surface area contributed by atoms with E-state index >= 15 is 0 Å². The lowest BCUT2D eigenvalue weighted by molar-refractivity contribution is -0.136. The first-order chi connectivity index (χ1) is 19.9. The number of carboxylic acids is 1. The number of aromatic nitrogens is 3. The number of carboxylic acid groups (broad SMARTS) is 1. The number of ether oxygens (including phenoxy) is 1. The molecule has 1 heterocycles. The second-order valence-electron chi connectivity index (χ2n) is 12.9. The Morgan fingerprint density at radius 3 is 2.60 bits per heavy atom. The van der Waals surface area contributed by atoms with E-state index in [4.69, 9.17) is 9.84 Å². The third-order valence-corrected chi connectivity index (χ3v) is 8.16. The second-order valence-corrected chi connectivity index (χ2v) is 12.9. The highest BCUT2D eigenvalue weighted by Gasteiger charge is 2.24. The van der Waals surface area contributed by atoms with Crippen LogP contribution in [-0.4, -0.2) is 37.6 Å². The molecule has 1 aromatic heterocycles. The van der Waals surface area contributed by atoms with E-state index < -0.39 is 5.97 Å². The number of hydrogen-bond donors (Lipinski definition) is 1. The van der Waals surface area contributed by atoms with E-state index in [0.717, 1.165) is 53.8 Å². The number of carbonyl (C=O) groups is 1. The van der Waals surface area contributed by atoms with Crippen LogP contribution in [0.3, 0.4) is 0 Å². The summed E-state index contributed by atoms with van der Waals surface area (Å²) in [4.78, 5) is 24.6. The van der Waals surface area contributed by atoms with Crippen molar-refractivity contribution in [2.45, 2.75) is 105 Å². The molecule has 2 aliphatic rings. The third kappa shape index (κ3) is 8.09. The minimum absolute atomic E-state index is 0.0226. The Hall–Kier alpha value is -3.45. The SMILES string of the molecule is CCn1c(CCCc2cccc(C3=CCC(OC(C)C)C(CC(=O)O)=C3)c2)nn(CC2=CCC(C(C)(C)C)C=C2)c1=O. The van der Waals surface area contributed by atoms with Gasteiger partial charge in [-0.3, -0.25) is 9.36 Å². The van der Waals surface area contributed by atoms with Crippen molar-refractivity contribution in [3.05, 3.63) is 93.2 Å². The van der Waals surface area contributed by atoms with Crippen LogP contribution < -0.4 is 5.69 Å². The fraction of sp³-hybridized carbons (Fsp3) is 0.514. The minimum atomic E-state index is -0.845. The highest BCUT2D eigenvalue weighted by Crippen LogP contribution is 2.33. The first-order valence-corrected chi connectivity index (χ1v) is 15.4. The number of benzene rings is 1. The molecule has 0 aliphatic heterocycles. The molecule has 0 bridgehead atoms. The summed E-state index contributed by atoms with van der Waals surface area (Å²) < 4.78 is 9.38. The molecule has 0 radical (unpaired) electrons. The Labute approximate surface area is 250 Å². The molecule has 0 amide bonds. The Morgan fingerprint density at radius 2 is 1.95 bits per heavy atom. The fourth-order valence-electron chi connectivity index (χ4n) is 5.79. The van der Waals surface area contributed by atoms with Crippen LogP contribution in [0.1, 0.15) is 84.2 Å². The molecule has 42 heavy (non-hydrogen) atoms. The first-order valence-electron chi connectivity index (χ1n) is 15.4. The van der Waals surface area contributed by atoms with Gasteiger partial charge < -0.3 is 9.84 Å². The third-order valence-electron chi connectivity index (χ3n) is 8.16. The minimum Gasteiger partial charge on any atom is -0.481 e. The number of hydrogen-bond acceptors (Lipinski definition) is 4. The number of aliphatic carboxylic acids is 1. The zero-order valence-electron chi connectivity index (χ0n) is 26.1. The predicted octanol–water partition coefficient (Wildman–Crippen LogP) is 6.77. The van der Waals surface area contributed by atoms with Gasteiger partial charge in [-0.05, 0) is 85.6 Å². The van der Waals surface area contributed by atoms with Gasteiger partial charge in [-0.25, -0.2) is 9.48 Å². The summed E-state index contributed by atoms with van der Waals surface area (Å²) in [6.45, 7) is 13.8. The number of aryl methyl sites for hydroxylation is 2. The highest BCUT2D eigenvalue weighted by molar-refractivity contribution is 5.79. The predicted molar refractivity (Wildman–Crippen MR) is 168 cm³/mol. The molecule has 0 saturated carbocycles. The standard InChI is InChI=1S/C35H47N3O4/c1-7-37-32(36-38(34(37)41)23-26-14-17-30(18-15-26)35(4,5)6)13-9-11-25-10-8-12-27(20-25)28-16-19-31(42-24(2)3)29(21-28)22-33(39)40/h8,10,12,14-17,20-21,24,30-31H,7,9,11,13,18-19,22-23H2,1-6H3,(H,39,40). The molecular formula is C35H47N3O4. The van der Waals surface area contributed by atoms with Crippen LogP contribution in [0.2, 0.25) is 0 Å². The first kappa shape index (κ1) is 31.5. The van der Waals surface area contributed by atoms with Crippen molar-refractivity contribution in [2.24, 2.45) is 11.3 Å². The van der Waals surface area contributed by atoms with Crippen LogP contribution in [0.15, 0.2) is 70.6 Å². The van der Waals surface area contributed by atoms with Crippen molar-refractivity contribution >= 4 is 11.5 Å². The molecule has 2 aliphatic carbocycles. The molecule has 2 aromatic rings. The van der Waals surface area contributed by atoms with Gasteiger partial charge in [0.1, 0.15) is 5.82 Å². The van der Waals surface area contributed by atoms with E-state index in [1.165, 1.54) is 5.56 Å². The summed E-state index contributed by atoms with van der Waals surface area (Å²) in [5.41, 5.74) is 5.45. The molecule has 2 atom stereocenters.